The molecule has 0 fully saturated rings. The fourth-order valence-electron chi connectivity index (χ4n) is 1.68. The molecular weight excluding hydrogens is 224 g/mol. The first-order valence-electron chi connectivity index (χ1n) is 6.50. The maximum Gasteiger partial charge on any atom is 0.251 e. The molecule has 0 aliphatic carbocycles. The first-order chi connectivity index (χ1) is 8.33. The number of amides is 1. The van der Waals surface area contributed by atoms with Crippen LogP contribution in [-0.4, -0.2) is 18.0 Å². The average Bonchev–Trinajstić information content (AvgIpc) is 2.25. The Labute approximate surface area is 110 Å². The highest BCUT2D eigenvalue weighted by Crippen LogP contribution is 2.17. The number of benzene rings is 1. The first kappa shape index (κ1) is 14.6. The molecule has 1 aromatic carbocycles. The van der Waals surface area contributed by atoms with Crippen molar-refractivity contribution < 1.29 is 4.79 Å². The van der Waals surface area contributed by atoms with Gasteiger partial charge in [-0.15, -0.1) is 0 Å². The lowest BCUT2D eigenvalue weighted by Gasteiger charge is -2.21. The van der Waals surface area contributed by atoms with E-state index in [4.69, 9.17) is 0 Å². The third-order valence-corrected chi connectivity index (χ3v) is 2.54. The van der Waals surface area contributed by atoms with Gasteiger partial charge in [0.05, 0.1) is 0 Å². The summed E-state index contributed by atoms with van der Waals surface area (Å²) in [6.45, 7) is 11.0. The molecule has 18 heavy (non-hydrogen) atoms. The van der Waals surface area contributed by atoms with Crippen LogP contribution in [0.3, 0.4) is 0 Å². The van der Waals surface area contributed by atoms with Crippen LogP contribution in [0.1, 0.15) is 50.0 Å². The summed E-state index contributed by atoms with van der Waals surface area (Å²) in [4.78, 5) is 12.0. The highest BCUT2D eigenvalue weighted by Gasteiger charge is 2.15. The molecule has 0 spiro atoms. The molecule has 2 N–H and O–H groups in total. The zero-order valence-corrected chi connectivity index (χ0v) is 12.1. The number of hydrogen-bond acceptors (Lipinski definition) is 2. The zero-order chi connectivity index (χ0) is 13.8. The molecule has 0 saturated carbocycles. The van der Waals surface area contributed by atoms with Crippen molar-refractivity contribution in [3.05, 3.63) is 29.3 Å². The van der Waals surface area contributed by atoms with Gasteiger partial charge < -0.3 is 10.6 Å². The number of carbonyl (C=O) groups is 1. The second-order valence-electron chi connectivity index (χ2n) is 5.66. The van der Waals surface area contributed by atoms with Crippen LogP contribution in [0.4, 0.5) is 5.69 Å². The molecule has 0 atom stereocenters. The Hall–Kier alpha value is -1.51. The third-order valence-electron chi connectivity index (χ3n) is 2.54. The molecule has 0 heterocycles. The molecule has 0 saturated heterocycles. The quantitative estimate of drug-likeness (QED) is 0.858. The number of anilines is 1. The van der Waals surface area contributed by atoms with Gasteiger partial charge in [0, 0.05) is 23.3 Å². The van der Waals surface area contributed by atoms with Crippen molar-refractivity contribution in [3.63, 3.8) is 0 Å². The summed E-state index contributed by atoms with van der Waals surface area (Å²) in [5.41, 5.74) is 2.71. The second-order valence-corrected chi connectivity index (χ2v) is 5.66. The molecule has 0 unspecified atom stereocenters. The molecule has 0 aliphatic rings. The van der Waals surface area contributed by atoms with Crippen LogP contribution in [0.5, 0.6) is 0 Å². The number of rotatable bonds is 4. The van der Waals surface area contributed by atoms with Gasteiger partial charge >= 0.3 is 0 Å². The van der Waals surface area contributed by atoms with E-state index in [1.165, 1.54) is 0 Å². The number of aryl methyl sites for hydroxylation is 1. The standard InChI is InChI=1S/C15H24N2O/c1-6-9-16-13-8-7-12(10-11(13)2)14(18)17-15(3,4)5/h7-8,10,16H,6,9H2,1-5H3,(H,17,18). The average molecular weight is 248 g/mol. The van der Waals surface area contributed by atoms with E-state index in [9.17, 15) is 4.79 Å². The summed E-state index contributed by atoms with van der Waals surface area (Å²) in [5.74, 6) is -0.0207. The molecule has 3 heteroatoms. The summed E-state index contributed by atoms with van der Waals surface area (Å²) >= 11 is 0. The van der Waals surface area contributed by atoms with Gasteiger partial charge in [-0.25, -0.2) is 0 Å². The van der Waals surface area contributed by atoms with Crippen LogP contribution >= 0.6 is 0 Å². The highest BCUT2D eigenvalue weighted by atomic mass is 16.1. The van der Waals surface area contributed by atoms with E-state index in [1.807, 2.05) is 45.9 Å². The number of hydrogen-bond donors (Lipinski definition) is 2. The van der Waals surface area contributed by atoms with Crippen molar-refractivity contribution in [1.82, 2.24) is 5.32 Å². The molecular formula is C15H24N2O. The monoisotopic (exact) mass is 248 g/mol. The van der Waals surface area contributed by atoms with E-state index in [-0.39, 0.29) is 11.4 Å². The predicted molar refractivity (Wildman–Crippen MR) is 77.2 cm³/mol. The van der Waals surface area contributed by atoms with E-state index >= 15 is 0 Å². The Balaban J connectivity index is 2.80. The van der Waals surface area contributed by atoms with Crippen molar-refractivity contribution in [2.45, 2.75) is 46.6 Å². The van der Waals surface area contributed by atoms with Crippen molar-refractivity contribution in [2.24, 2.45) is 0 Å². The van der Waals surface area contributed by atoms with Crippen LogP contribution in [0.15, 0.2) is 18.2 Å². The SMILES string of the molecule is CCCNc1ccc(C(=O)NC(C)(C)C)cc1C. The summed E-state index contributed by atoms with van der Waals surface area (Å²) in [6, 6.07) is 5.77. The van der Waals surface area contributed by atoms with Crippen molar-refractivity contribution in [3.8, 4) is 0 Å². The molecule has 0 bridgehead atoms. The minimum atomic E-state index is -0.204. The Kier molecular flexibility index (Phi) is 4.76. The van der Waals surface area contributed by atoms with Gasteiger partial charge in [0.1, 0.15) is 0 Å². The predicted octanol–water partition coefficient (Wildman–Crippen LogP) is 3.35. The van der Waals surface area contributed by atoms with Crippen LogP contribution in [0.2, 0.25) is 0 Å². The highest BCUT2D eigenvalue weighted by molar-refractivity contribution is 5.95. The lowest BCUT2D eigenvalue weighted by Crippen LogP contribution is -2.40. The lowest BCUT2D eigenvalue weighted by atomic mass is 10.1. The molecule has 100 valence electrons. The van der Waals surface area contributed by atoms with Gasteiger partial charge in [0.25, 0.3) is 5.91 Å². The number of carbonyl (C=O) groups excluding carboxylic acids is 1. The van der Waals surface area contributed by atoms with Gasteiger partial charge in [-0.3, -0.25) is 4.79 Å². The Morgan fingerprint density at radius 3 is 2.44 bits per heavy atom. The fourth-order valence-corrected chi connectivity index (χ4v) is 1.68. The molecule has 0 aliphatic heterocycles. The normalized spacial score (nSPS) is 11.2. The van der Waals surface area contributed by atoms with Crippen molar-refractivity contribution in [1.29, 1.82) is 0 Å². The van der Waals surface area contributed by atoms with E-state index in [2.05, 4.69) is 17.6 Å². The van der Waals surface area contributed by atoms with Crippen LogP contribution in [0, 0.1) is 6.92 Å². The molecule has 0 aromatic heterocycles. The molecule has 1 aromatic rings. The van der Waals surface area contributed by atoms with Gasteiger partial charge in [-0.2, -0.15) is 0 Å². The Morgan fingerprint density at radius 1 is 1.28 bits per heavy atom. The fraction of sp³-hybridized carbons (Fsp3) is 0.533. The maximum atomic E-state index is 12.0. The smallest absolute Gasteiger partial charge is 0.251 e. The lowest BCUT2D eigenvalue weighted by molar-refractivity contribution is 0.0919. The van der Waals surface area contributed by atoms with Crippen LogP contribution < -0.4 is 10.6 Å². The van der Waals surface area contributed by atoms with Gasteiger partial charge in [0.15, 0.2) is 0 Å². The van der Waals surface area contributed by atoms with E-state index in [1.54, 1.807) is 0 Å². The summed E-state index contributed by atoms with van der Waals surface area (Å²) in [5, 5.41) is 6.31. The molecule has 1 amide bonds. The minimum absolute atomic E-state index is 0.0207. The van der Waals surface area contributed by atoms with Gasteiger partial charge in [-0.05, 0) is 57.9 Å². The van der Waals surface area contributed by atoms with Gasteiger partial charge in [-0.1, -0.05) is 6.92 Å². The third kappa shape index (κ3) is 4.40. The van der Waals surface area contributed by atoms with Crippen LogP contribution in [0.25, 0.3) is 0 Å². The Bertz CT molecular complexity index is 419. The minimum Gasteiger partial charge on any atom is -0.385 e. The molecule has 3 nitrogen and oxygen atoms in total. The second kappa shape index (κ2) is 5.89. The van der Waals surface area contributed by atoms with E-state index < -0.39 is 0 Å². The van der Waals surface area contributed by atoms with Crippen molar-refractivity contribution in [2.75, 3.05) is 11.9 Å². The van der Waals surface area contributed by atoms with Crippen LogP contribution in [-0.2, 0) is 0 Å². The largest absolute Gasteiger partial charge is 0.385 e. The van der Waals surface area contributed by atoms with E-state index in [0.717, 1.165) is 24.2 Å². The maximum absolute atomic E-state index is 12.0. The topological polar surface area (TPSA) is 41.1 Å². The number of nitrogens with one attached hydrogen (secondary N) is 2. The zero-order valence-electron chi connectivity index (χ0n) is 12.1. The summed E-state index contributed by atoms with van der Waals surface area (Å²) in [7, 11) is 0. The molecule has 0 radical (unpaired) electrons. The van der Waals surface area contributed by atoms with Gasteiger partial charge in [0.2, 0.25) is 0 Å². The first-order valence-corrected chi connectivity index (χ1v) is 6.50. The molecule has 1 rings (SSSR count). The Morgan fingerprint density at radius 2 is 1.94 bits per heavy atom. The summed E-state index contributed by atoms with van der Waals surface area (Å²) < 4.78 is 0. The summed E-state index contributed by atoms with van der Waals surface area (Å²) in [6.07, 6.45) is 1.09. The van der Waals surface area contributed by atoms with E-state index in [0.29, 0.717) is 5.56 Å². The van der Waals surface area contributed by atoms with Crippen molar-refractivity contribution >= 4 is 11.6 Å².